The van der Waals surface area contributed by atoms with E-state index in [2.05, 4.69) is 0 Å². The van der Waals surface area contributed by atoms with Crippen molar-refractivity contribution in [2.24, 2.45) is 11.7 Å². The number of carbonyl (C=O) groups is 1. The lowest BCUT2D eigenvalue weighted by atomic mass is 10.0. The second kappa shape index (κ2) is 5.20. The molecule has 82 valence electrons. The number of amides is 2. The van der Waals surface area contributed by atoms with Crippen LogP contribution < -0.4 is 5.73 Å². The third-order valence-corrected chi connectivity index (χ3v) is 2.76. The van der Waals surface area contributed by atoms with Gasteiger partial charge in [0.25, 0.3) is 0 Å². The van der Waals surface area contributed by atoms with Crippen LogP contribution in [0.15, 0.2) is 0 Å². The molecule has 1 saturated heterocycles. The highest BCUT2D eigenvalue weighted by atomic mass is 16.2. The summed E-state index contributed by atoms with van der Waals surface area (Å²) in [6.07, 6.45) is 3.46. The molecular weight excluding hydrogens is 178 g/mol. The van der Waals surface area contributed by atoms with Crippen LogP contribution in [0.3, 0.4) is 0 Å². The molecule has 0 aromatic heterocycles. The van der Waals surface area contributed by atoms with Crippen LogP contribution in [0.5, 0.6) is 0 Å². The summed E-state index contributed by atoms with van der Waals surface area (Å²) in [5.74, 6) is 0.487. The van der Waals surface area contributed by atoms with Gasteiger partial charge in [-0.2, -0.15) is 0 Å². The van der Waals surface area contributed by atoms with Crippen LogP contribution in [0, 0.1) is 5.92 Å². The van der Waals surface area contributed by atoms with Crippen LogP contribution >= 0.6 is 0 Å². The predicted octanol–water partition coefficient (Wildman–Crippen LogP) is 0.729. The summed E-state index contributed by atoms with van der Waals surface area (Å²) in [6.45, 7) is 2.40. The lowest BCUT2D eigenvalue weighted by Gasteiger charge is -2.26. The third-order valence-electron chi connectivity index (χ3n) is 2.76. The largest absolute Gasteiger partial charge is 0.331 e. The zero-order valence-electron chi connectivity index (χ0n) is 9.20. The Bertz CT molecular complexity index is 194. The van der Waals surface area contributed by atoms with E-state index in [0.717, 1.165) is 25.9 Å². The van der Waals surface area contributed by atoms with Gasteiger partial charge in [0.15, 0.2) is 0 Å². The molecule has 0 radical (unpaired) electrons. The Hall–Kier alpha value is -0.770. The van der Waals surface area contributed by atoms with Crippen molar-refractivity contribution in [3.63, 3.8) is 0 Å². The average molecular weight is 199 g/mol. The van der Waals surface area contributed by atoms with E-state index in [9.17, 15) is 4.79 Å². The first kappa shape index (κ1) is 11.3. The topological polar surface area (TPSA) is 49.6 Å². The van der Waals surface area contributed by atoms with Gasteiger partial charge in [0, 0.05) is 27.2 Å². The van der Waals surface area contributed by atoms with E-state index in [0.29, 0.717) is 12.5 Å². The molecule has 14 heavy (non-hydrogen) atoms. The van der Waals surface area contributed by atoms with Crippen molar-refractivity contribution in [1.82, 2.24) is 9.80 Å². The Morgan fingerprint density at radius 2 is 2.21 bits per heavy atom. The molecule has 1 heterocycles. The Kier molecular flexibility index (Phi) is 4.20. The maximum absolute atomic E-state index is 11.7. The van der Waals surface area contributed by atoms with E-state index in [-0.39, 0.29) is 6.03 Å². The van der Waals surface area contributed by atoms with E-state index in [1.54, 1.807) is 19.0 Å². The third kappa shape index (κ3) is 2.87. The number of carbonyl (C=O) groups excluding carboxylic acids is 1. The number of urea groups is 1. The molecule has 0 saturated carbocycles. The van der Waals surface area contributed by atoms with E-state index >= 15 is 0 Å². The molecule has 1 aliphatic rings. The summed E-state index contributed by atoms with van der Waals surface area (Å²) in [5, 5.41) is 0. The zero-order valence-corrected chi connectivity index (χ0v) is 9.20. The van der Waals surface area contributed by atoms with Crippen LogP contribution in [0.4, 0.5) is 4.79 Å². The molecule has 0 bridgehead atoms. The summed E-state index contributed by atoms with van der Waals surface area (Å²) in [7, 11) is 3.59. The highest BCUT2D eigenvalue weighted by Crippen LogP contribution is 2.16. The SMILES string of the molecule is CN(C)C(=O)N1CCCCC(CN)C1. The first-order chi connectivity index (χ1) is 6.65. The standard InChI is InChI=1S/C10H21N3O/c1-12(2)10(14)13-6-4-3-5-9(7-11)8-13/h9H,3-8,11H2,1-2H3. The lowest BCUT2D eigenvalue weighted by Crippen LogP contribution is -2.42. The average Bonchev–Trinajstić information content (AvgIpc) is 2.41. The van der Waals surface area contributed by atoms with Gasteiger partial charge in [0.05, 0.1) is 0 Å². The van der Waals surface area contributed by atoms with Crippen molar-refractivity contribution in [2.75, 3.05) is 33.7 Å². The van der Waals surface area contributed by atoms with Crippen molar-refractivity contribution >= 4 is 6.03 Å². The number of nitrogens with zero attached hydrogens (tertiary/aromatic N) is 2. The quantitative estimate of drug-likeness (QED) is 0.677. The molecule has 0 aromatic carbocycles. The van der Waals surface area contributed by atoms with Crippen LogP contribution in [0.2, 0.25) is 0 Å². The van der Waals surface area contributed by atoms with Gasteiger partial charge in [0.2, 0.25) is 0 Å². The highest BCUT2D eigenvalue weighted by molar-refractivity contribution is 5.73. The molecule has 2 N–H and O–H groups in total. The van der Waals surface area contributed by atoms with E-state index < -0.39 is 0 Å². The summed E-state index contributed by atoms with van der Waals surface area (Å²) < 4.78 is 0. The Morgan fingerprint density at radius 1 is 1.50 bits per heavy atom. The minimum Gasteiger partial charge on any atom is -0.331 e. The fraction of sp³-hybridized carbons (Fsp3) is 0.900. The number of likely N-dealkylation sites (tertiary alicyclic amines) is 1. The summed E-state index contributed by atoms with van der Waals surface area (Å²) in [5.41, 5.74) is 5.66. The molecule has 1 fully saturated rings. The van der Waals surface area contributed by atoms with Gasteiger partial charge >= 0.3 is 6.03 Å². The van der Waals surface area contributed by atoms with E-state index in [1.165, 1.54) is 6.42 Å². The molecule has 0 aromatic rings. The molecule has 2 amide bonds. The van der Waals surface area contributed by atoms with Gasteiger partial charge < -0.3 is 15.5 Å². The summed E-state index contributed by atoms with van der Waals surface area (Å²) >= 11 is 0. The number of nitrogens with two attached hydrogens (primary N) is 1. The fourth-order valence-electron chi connectivity index (χ4n) is 1.88. The van der Waals surface area contributed by atoms with Crippen molar-refractivity contribution in [1.29, 1.82) is 0 Å². The minimum absolute atomic E-state index is 0.116. The Balaban J connectivity index is 2.54. The van der Waals surface area contributed by atoms with Gasteiger partial charge in [-0.1, -0.05) is 6.42 Å². The first-order valence-electron chi connectivity index (χ1n) is 5.31. The van der Waals surface area contributed by atoms with Crippen LogP contribution in [-0.2, 0) is 0 Å². The van der Waals surface area contributed by atoms with E-state index in [1.807, 2.05) is 4.90 Å². The molecule has 1 aliphatic heterocycles. The molecule has 0 spiro atoms. The van der Waals surface area contributed by atoms with Crippen molar-refractivity contribution in [3.05, 3.63) is 0 Å². The minimum atomic E-state index is 0.116. The number of hydrogen-bond acceptors (Lipinski definition) is 2. The maximum atomic E-state index is 11.7. The highest BCUT2D eigenvalue weighted by Gasteiger charge is 2.21. The van der Waals surface area contributed by atoms with E-state index in [4.69, 9.17) is 5.73 Å². The van der Waals surface area contributed by atoms with Gasteiger partial charge in [-0.3, -0.25) is 0 Å². The molecule has 1 unspecified atom stereocenters. The summed E-state index contributed by atoms with van der Waals surface area (Å²) in [6, 6.07) is 0.116. The number of hydrogen-bond donors (Lipinski definition) is 1. The monoisotopic (exact) mass is 199 g/mol. The smallest absolute Gasteiger partial charge is 0.319 e. The molecule has 1 atom stereocenters. The zero-order chi connectivity index (χ0) is 10.6. The van der Waals surface area contributed by atoms with Crippen LogP contribution in [-0.4, -0.2) is 49.6 Å². The normalized spacial score (nSPS) is 23.1. The molecular formula is C10H21N3O. The Morgan fingerprint density at radius 3 is 2.79 bits per heavy atom. The van der Waals surface area contributed by atoms with Gasteiger partial charge in [0.1, 0.15) is 0 Å². The maximum Gasteiger partial charge on any atom is 0.319 e. The van der Waals surface area contributed by atoms with Crippen LogP contribution in [0.1, 0.15) is 19.3 Å². The molecule has 0 aliphatic carbocycles. The molecule has 4 nitrogen and oxygen atoms in total. The first-order valence-corrected chi connectivity index (χ1v) is 5.31. The van der Waals surface area contributed by atoms with Crippen LogP contribution in [0.25, 0.3) is 0 Å². The molecule has 1 rings (SSSR count). The fourth-order valence-corrected chi connectivity index (χ4v) is 1.88. The second-order valence-corrected chi connectivity index (χ2v) is 4.22. The lowest BCUT2D eigenvalue weighted by molar-refractivity contribution is 0.166. The van der Waals surface area contributed by atoms with Gasteiger partial charge in [-0.15, -0.1) is 0 Å². The summed E-state index contributed by atoms with van der Waals surface area (Å²) in [4.78, 5) is 15.3. The van der Waals surface area contributed by atoms with Gasteiger partial charge in [-0.05, 0) is 25.3 Å². The van der Waals surface area contributed by atoms with Crippen molar-refractivity contribution in [2.45, 2.75) is 19.3 Å². The molecule has 4 heteroatoms. The van der Waals surface area contributed by atoms with Crippen molar-refractivity contribution < 1.29 is 4.79 Å². The van der Waals surface area contributed by atoms with Crippen molar-refractivity contribution in [3.8, 4) is 0 Å². The predicted molar refractivity (Wildman–Crippen MR) is 57.1 cm³/mol. The number of rotatable bonds is 1. The van der Waals surface area contributed by atoms with Gasteiger partial charge in [-0.25, -0.2) is 4.79 Å². The Labute approximate surface area is 86.0 Å². The second-order valence-electron chi connectivity index (χ2n) is 4.22.